The number of benzene rings is 1. The topological polar surface area (TPSA) is 177 Å². The summed E-state index contributed by atoms with van der Waals surface area (Å²) in [6.07, 6.45) is 6.85. The second kappa shape index (κ2) is 16.6. The van der Waals surface area contributed by atoms with Crippen LogP contribution in [0.4, 0.5) is 4.79 Å². The second-order valence-electron chi connectivity index (χ2n) is 15.1. The fourth-order valence-corrected chi connectivity index (χ4v) is 6.95. The number of carbonyl (C=O) groups excluding carboxylic acids is 6. The summed E-state index contributed by atoms with van der Waals surface area (Å²) in [5, 5.41) is 8.50. The minimum atomic E-state index is -1.39. The predicted molar refractivity (Wildman–Crippen MR) is 183 cm³/mol. The Bertz CT molecular complexity index is 1360. The SMILES string of the molecule is CC(C)[C@@H]1C[C@@H](C(=O)NC(CC2CC2)C(=O)C(N)=O)N(C(=O)[C@@H](NC(=O)N[C@](C)(C(=O)OCc2ccccc2)C(C)C)C2CCCCC2)C1. The van der Waals surface area contributed by atoms with Gasteiger partial charge in [0.1, 0.15) is 24.2 Å². The number of nitrogens with two attached hydrogens (primary N) is 1. The molecular weight excluding hydrogens is 626 g/mol. The highest BCUT2D eigenvalue weighted by Crippen LogP contribution is 2.35. The number of urea groups is 1. The lowest BCUT2D eigenvalue weighted by Gasteiger charge is -2.37. The summed E-state index contributed by atoms with van der Waals surface area (Å²) >= 11 is 0. The van der Waals surface area contributed by atoms with E-state index in [9.17, 15) is 28.8 Å². The number of primary amides is 1. The van der Waals surface area contributed by atoms with Crippen molar-refractivity contribution in [2.24, 2.45) is 35.3 Å². The molecule has 3 fully saturated rings. The Morgan fingerprint density at radius 1 is 0.918 bits per heavy atom. The van der Waals surface area contributed by atoms with Crippen LogP contribution in [0.3, 0.4) is 0 Å². The van der Waals surface area contributed by atoms with Gasteiger partial charge in [0.2, 0.25) is 17.6 Å². The van der Waals surface area contributed by atoms with Crippen LogP contribution in [0.25, 0.3) is 0 Å². The van der Waals surface area contributed by atoms with Crippen LogP contribution in [0.5, 0.6) is 0 Å². The monoisotopic (exact) mass is 681 g/mol. The van der Waals surface area contributed by atoms with Crippen molar-refractivity contribution >= 4 is 35.5 Å². The molecule has 12 heteroatoms. The first-order valence-electron chi connectivity index (χ1n) is 18.0. The molecule has 0 bridgehead atoms. The average Bonchev–Trinajstić information content (AvgIpc) is 3.78. The van der Waals surface area contributed by atoms with E-state index in [-0.39, 0.29) is 42.1 Å². The summed E-state index contributed by atoms with van der Waals surface area (Å²) in [5.41, 5.74) is 4.74. The fraction of sp³-hybridized carbons (Fsp3) is 0.676. The quantitative estimate of drug-likeness (QED) is 0.161. The maximum atomic E-state index is 14.5. The number of nitrogens with zero attached hydrogens (tertiary/aromatic N) is 1. The molecule has 1 aromatic carbocycles. The number of likely N-dealkylation sites (tertiary alicyclic amines) is 1. The van der Waals surface area contributed by atoms with Crippen molar-refractivity contribution < 1.29 is 33.5 Å². The molecule has 270 valence electrons. The third-order valence-electron chi connectivity index (χ3n) is 10.8. The lowest BCUT2D eigenvalue weighted by atomic mass is 9.83. The molecule has 1 unspecified atom stereocenters. The Hall–Kier alpha value is -3.96. The number of carbonyl (C=O) groups is 6. The van der Waals surface area contributed by atoms with Gasteiger partial charge in [-0.1, -0.05) is 90.1 Å². The zero-order valence-corrected chi connectivity index (χ0v) is 29.7. The zero-order valence-electron chi connectivity index (χ0n) is 29.7. The molecule has 3 aliphatic rings. The molecule has 5 amide bonds. The molecule has 49 heavy (non-hydrogen) atoms. The molecule has 0 aromatic heterocycles. The minimum Gasteiger partial charge on any atom is -0.459 e. The molecule has 1 aromatic rings. The van der Waals surface area contributed by atoms with Gasteiger partial charge in [-0.25, -0.2) is 9.59 Å². The van der Waals surface area contributed by atoms with Gasteiger partial charge in [0, 0.05) is 6.54 Å². The van der Waals surface area contributed by atoms with Crippen molar-refractivity contribution in [2.45, 2.75) is 123 Å². The van der Waals surface area contributed by atoms with E-state index in [1.807, 2.05) is 58.0 Å². The van der Waals surface area contributed by atoms with E-state index in [1.54, 1.807) is 6.92 Å². The summed E-state index contributed by atoms with van der Waals surface area (Å²) in [5.74, 6) is -3.49. The number of Topliss-reactive ketones (excluding diaryl/α,β-unsaturated/α-hetero) is 1. The third kappa shape index (κ3) is 9.82. The number of ketones is 1. The van der Waals surface area contributed by atoms with Crippen molar-refractivity contribution in [3.63, 3.8) is 0 Å². The first kappa shape index (κ1) is 37.9. The van der Waals surface area contributed by atoms with E-state index >= 15 is 0 Å². The van der Waals surface area contributed by atoms with Gasteiger partial charge < -0.3 is 31.3 Å². The molecule has 1 aliphatic heterocycles. The summed E-state index contributed by atoms with van der Waals surface area (Å²) < 4.78 is 5.62. The number of hydrogen-bond donors (Lipinski definition) is 4. The van der Waals surface area contributed by atoms with E-state index in [0.29, 0.717) is 19.4 Å². The van der Waals surface area contributed by atoms with E-state index in [1.165, 1.54) is 4.90 Å². The number of amides is 5. The van der Waals surface area contributed by atoms with Gasteiger partial charge in [-0.15, -0.1) is 0 Å². The highest BCUT2D eigenvalue weighted by atomic mass is 16.5. The first-order chi connectivity index (χ1) is 23.2. The van der Waals surface area contributed by atoms with Crippen LogP contribution >= 0.6 is 0 Å². The Morgan fingerprint density at radius 3 is 2.14 bits per heavy atom. The highest BCUT2D eigenvalue weighted by Gasteiger charge is 2.47. The number of ether oxygens (including phenoxy) is 1. The van der Waals surface area contributed by atoms with Crippen molar-refractivity contribution in [1.82, 2.24) is 20.9 Å². The summed E-state index contributed by atoms with van der Waals surface area (Å²) in [6.45, 7) is 9.67. The molecule has 2 aliphatic carbocycles. The van der Waals surface area contributed by atoms with E-state index in [0.717, 1.165) is 50.5 Å². The van der Waals surface area contributed by atoms with Crippen molar-refractivity contribution in [3.8, 4) is 0 Å². The van der Waals surface area contributed by atoms with E-state index in [4.69, 9.17) is 10.5 Å². The van der Waals surface area contributed by atoms with Crippen molar-refractivity contribution in [2.75, 3.05) is 6.54 Å². The molecule has 5 N–H and O–H groups in total. The minimum absolute atomic E-state index is 0.0119. The predicted octanol–water partition coefficient (Wildman–Crippen LogP) is 3.61. The molecule has 5 atom stereocenters. The summed E-state index contributed by atoms with van der Waals surface area (Å²) in [4.78, 5) is 81.5. The zero-order chi connectivity index (χ0) is 35.9. The van der Waals surface area contributed by atoms with Gasteiger partial charge in [0.15, 0.2) is 0 Å². The molecule has 4 rings (SSSR count). The second-order valence-corrected chi connectivity index (χ2v) is 15.1. The van der Waals surface area contributed by atoms with Crippen LogP contribution in [0, 0.1) is 29.6 Å². The van der Waals surface area contributed by atoms with Gasteiger partial charge in [0.25, 0.3) is 5.91 Å². The van der Waals surface area contributed by atoms with Gasteiger partial charge in [-0.2, -0.15) is 0 Å². The number of esters is 1. The molecule has 1 saturated heterocycles. The lowest BCUT2D eigenvalue weighted by Crippen LogP contribution is -2.63. The largest absolute Gasteiger partial charge is 0.459 e. The standard InChI is InChI=1S/C37H55N5O7/c1-22(2)27-19-29(33(45)39-28(18-24-16-17-24)31(43)32(38)44)42(20-27)34(46)30(26-14-10-7-11-15-26)40-36(48)41-37(5,23(3)4)35(47)49-21-25-12-8-6-9-13-25/h6,8-9,12-13,22-24,26-30H,7,10-11,14-21H2,1-5H3,(H2,38,44)(H,39,45)(H2,40,41,48)/t27-,28?,29+,30+,37+/m1/s1. The Morgan fingerprint density at radius 2 is 1.57 bits per heavy atom. The van der Waals surface area contributed by atoms with Gasteiger partial charge in [0.05, 0.1) is 6.04 Å². The van der Waals surface area contributed by atoms with Crippen molar-refractivity contribution in [3.05, 3.63) is 35.9 Å². The lowest BCUT2D eigenvalue weighted by molar-refractivity contribution is -0.153. The number of rotatable bonds is 15. The maximum absolute atomic E-state index is 14.5. The summed E-state index contributed by atoms with van der Waals surface area (Å²) in [6, 6.07) is 5.73. The molecular formula is C37H55N5O7. The van der Waals surface area contributed by atoms with Crippen LogP contribution in [0.2, 0.25) is 0 Å². The maximum Gasteiger partial charge on any atom is 0.332 e. The van der Waals surface area contributed by atoms with Crippen LogP contribution in [-0.2, 0) is 35.3 Å². The number of hydrogen-bond acceptors (Lipinski definition) is 7. The third-order valence-corrected chi connectivity index (χ3v) is 10.8. The van der Waals surface area contributed by atoms with Gasteiger partial charge in [-0.3, -0.25) is 19.2 Å². The van der Waals surface area contributed by atoms with Crippen LogP contribution in [0.1, 0.15) is 98.0 Å². The highest BCUT2D eigenvalue weighted by molar-refractivity contribution is 6.37. The van der Waals surface area contributed by atoms with Crippen molar-refractivity contribution in [1.29, 1.82) is 0 Å². The smallest absolute Gasteiger partial charge is 0.332 e. The van der Waals surface area contributed by atoms with E-state index < -0.39 is 53.3 Å². The Labute approximate surface area is 290 Å². The Kier molecular flexibility index (Phi) is 12.8. The molecule has 2 saturated carbocycles. The fourth-order valence-electron chi connectivity index (χ4n) is 6.95. The molecule has 0 spiro atoms. The molecule has 1 heterocycles. The average molecular weight is 682 g/mol. The molecule has 0 radical (unpaired) electrons. The van der Waals surface area contributed by atoms with E-state index in [2.05, 4.69) is 16.0 Å². The molecule has 12 nitrogen and oxygen atoms in total. The summed E-state index contributed by atoms with van der Waals surface area (Å²) in [7, 11) is 0. The first-order valence-corrected chi connectivity index (χ1v) is 18.0. The number of nitrogens with one attached hydrogen (secondary N) is 3. The van der Waals surface area contributed by atoms with Crippen LogP contribution in [-0.4, -0.2) is 70.6 Å². The Balaban J connectivity index is 1.53. The van der Waals surface area contributed by atoms with Crippen LogP contribution < -0.4 is 21.7 Å². The van der Waals surface area contributed by atoms with Crippen LogP contribution in [0.15, 0.2) is 30.3 Å². The van der Waals surface area contributed by atoms with Gasteiger partial charge >= 0.3 is 12.0 Å². The normalized spacial score (nSPS) is 22.1. The van der Waals surface area contributed by atoms with Gasteiger partial charge in [-0.05, 0) is 67.8 Å².